The molecule has 0 aliphatic rings. The first-order valence-corrected chi connectivity index (χ1v) is 34.1. The van der Waals surface area contributed by atoms with Gasteiger partial charge in [-0.1, -0.05) is 334 Å². The highest BCUT2D eigenvalue weighted by atomic mass is 16.5. The van der Waals surface area contributed by atoms with Crippen LogP contribution in [0.3, 0.4) is 0 Å². The number of amides is 1. The van der Waals surface area contributed by atoms with Gasteiger partial charge in [0.25, 0.3) is 0 Å². The molecule has 0 spiro atoms. The molecule has 6 nitrogen and oxygen atoms in total. The molecule has 75 heavy (non-hydrogen) atoms. The smallest absolute Gasteiger partial charge is 0.305 e. The second-order valence-corrected chi connectivity index (χ2v) is 23.5. The van der Waals surface area contributed by atoms with Crippen LogP contribution in [0.1, 0.15) is 380 Å². The maximum absolute atomic E-state index is 12.5. The van der Waals surface area contributed by atoms with Crippen molar-refractivity contribution in [1.29, 1.82) is 0 Å². The first-order valence-electron chi connectivity index (χ1n) is 34.1. The lowest BCUT2D eigenvalue weighted by atomic mass is 10.0. The molecular formula is C69H133NO5. The Labute approximate surface area is 469 Å². The van der Waals surface area contributed by atoms with Gasteiger partial charge in [-0.15, -0.1) is 0 Å². The van der Waals surface area contributed by atoms with Gasteiger partial charge in [0.1, 0.15) is 0 Å². The Morgan fingerprint density at radius 2 is 0.667 bits per heavy atom. The minimum atomic E-state index is -0.666. The number of ether oxygens (including phenoxy) is 1. The van der Waals surface area contributed by atoms with Crippen LogP contribution < -0.4 is 5.32 Å². The number of rotatable bonds is 64. The van der Waals surface area contributed by atoms with E-state index in [9.17, 15) is 19.8 Å². The lowest BCUT2D eigenvalue weighted by molar-refractivity contribution is -0.143. The van der Waals surface area contributed by atoms with E-state index < -0.39 is 12.1 Å². The third kappa shape index (κ3) is 61.4. The monoisotopic (exact) mass is 1060 g/mol. The molecule has 0 fully saturated rings. The molecule has 1 amide bonds. The summed E-state index contributed by atoms with van der Waals surface area (Å²) in [6.07, 6.45) is 80.6. The summed E-state index contributed by atoms with van der Waals surface area (Å²) < 4.78 is 5.49. The average molecular weight is 1060 g/mol. The second-order valence-electron chi connectivity index (χ2n) is 23.5. The van der Waals surface area contributed by atoms with E-state index in [1.165, 1.54) is 295 Å². The van der Waals surface area contributed by atoms with E-state index in [1.54, 1.807) is 0 Å². The quantitative estimate of drug-likeness (QED) is 0.0320. The zero-order chi connectivity index (χ0) is 54.3. The van der Waals surface area contributed by atoms with Gasteiger partial charge in [-0.3, -0.25) is 9.59 Å². The molecular weight excluding hydrogens is 923 g/mol. The van der Waals surface area contributed by atoms with Crippen molar-refractivity contribution >= 4 is 11.9 Å². The van der Waals surface area contributed by atoms with Crippen LogP contribution in [0.2, 0.25) is 0 Å². The molecule has 0 aliphatic carbocycles. The van der Waals surface area contributed by atoms with Crippen LogP contribution in [-0.4, -0.2) is 47.4 Å². The molecule has 0 aromatic rings. The summed E-state index contributed by atoms with van der Waals surface area (Å²) >= 11 is 0. The van der Waals surface area contributed by atoms with E-state index >= 15 is 0 Å². The number of hydrogen-bond donors (Lipinski definition) is 3. The first-order chi connectivity index (χ1) is 37.0. The number of nitrogens with one attached hydrogen (secondary N) is 1. The van der Waals surface area contributed by atoms with Crippen LogP contribution >= 0.6 is 0 Å². The Kier molecular flexibility index (Phi) is 63.4. The lowest BCUT2D eigenvalue weighted by Crippen LogP contribution is -2.45. The minimum absolute atomic E-state index is 0.00517. The SMILES string of the molecule is CCCCC/C=C\C/C=C\CCCCCCCCCC(=O)OCCCCCCCCCCCCCCCCCCCCCCCC(=O)NC(CO)C(O)CCCCCCCCCCCCCCCCCCCCCC. The maximum Gasteiger partial charge on any atom is 0.305 e. The third-order valence-electron chi connectivity index (χ3n) is 16.0. The summed E-state index contributed by atoms with van der Waals surface area (Å²) in [6.45, 7) is 4.96. The molecule has 0 rings (SSSR count). The molecule has 0 aromatic heterocycles. The number of carbonyl (C=O) groups excluding carboxylic acids is 2. The Morgan fingerprint density at radius 1 is 0.373 bits per heavy atom. The normalized spacial score (nSPS) is 12.6. The van der Waals surface area contributed by atoms with Crippen LogP contribution in [0.5, 0.6) is 0 Å². The van der Waals surface area contributed by atoms with Gasteiger partial charge < -0.3 is 20.3 Å². The molecule has 2 unspecified atom stereocenters. The van der Waals surface area contributed by atoms with E-state index in [0.717, 1.165) is 51.4 Å². The van der Waals surface area contributed by atoms with Crippen LogP contribution in [0.25, 0.3) is 0 Å². The molecule has 0 bridgehead atoms. The van der Waals surface area contributed by atoms with Crippen LogP contribution in [0, 0.1) is 0 Å². The number of unbranched alkanes of at least 4 members (excludes halogenated alkanes) is 49. The predicted octanol–water partition coefficient (Wildman–Crippen LogP) is 21.8. The van der Waals surface area contributed by atoms with Crippen molar-refractivity contribution in [2.75, 3.05) is 13.2 Å². The Balaban J connectivity index is 3.38. The third-order valence-corrected chi connectivity index (χ3v) is 16.0. The number of hydrogen-bond acceptors (Lipinski definition) is 5. The number of esters is 1. The van der Waals surface area contributed by atoms with Crippen molar-refractivity contribution in [2.24, 2.45) is 0 Å². The highest BCUT2D eigenvalue weighted by Crippen LogP contribution is 2.19. The largest absolute Gasteiger partial charge is 0.466 e. The Morgan fingerprint density at radius 3 is 1.04 bits per heavy atom. The molecule has 2 atom stereocenters. The van der Waals surface area contributed by atoms with Gasteiger partial charge in [-0.25, -0.2) is 0 Å². The van der Waals surface area contributed by atoms with E-state index in [-0.39, 0.29) is 18.5 Å². The van der Waals surface area contributed by atoms with Gasteiger partial charge in [-0.05, 0) is 57.8 Å². The highest BCUT2D eigenvalue weighted by molar-refractivity contribution is 5.76. The zero-order valence-corrected chi connectivity index (χ0v) is 50.8. The molecule has 444 valence electrons. The van der Waals surface area contributed by atoms with Crippen molar-refractivity contribution in [3.05, 3.63) is 24.3 Å². The molecule has 3 N–H and O–H groups in total. The van der Waals surface area contributed by atoms with Gasteiger partial charge in [-0.2, -0.15) is 0 Å². The van der Waals surface area contributed by atoms with Gasteiger partial charge in [0.15, 0.2) is 0 Å². The van der Waals surface area contributed by atoms with Crippen molar-refractivity contribution in [3.8, 4) is 0 Å². The fourth-order valence-electron chi connectivity index (χ4n) is 10.8. The van der Waals surface area contributed by atoms with Crippen LogP contribution in [0.15, 0.2) is 24.3 Å². The van der Waals surface area contributed by atoms with Crippen molar-refractivity contribution in [1.82, 2.24) is 5.32 Å². The Bertz CT molecular complexity index is 1170. The Hall–Kier alpha value is -1.66. The highest BCUT2D eigenvalue weighted by Gasteiger charge is 2.20. The lowest BCUT2D eigenvalue weighted by Gasteiger charge is -2.22. The van der Waals surface area contributed by atoms with Gasteiger partial charge >= 0.3 is 5.97 Å². The number of aliphatic hydroxyl groups excluding tert-OH is 2. The molecule has 0 heterocycles. The van der Waals surface area contributed by atoms with E-state index in [1.807, 2.05) is 0 Å². The fourth-order valence-corrected chi connectivity index (χ4v) is 10.8. The summed E-state index contributed by atoms with van der Waals surface area (Å²) in [4.78, 5) is 24.6. The molecule has 0 aliphatic heterocycles. The average Bonchev–Trinajstić information content (AvgIpc) is 3.41. The van der Waals surface area contributed by atoms with E-state index in [2.05, 4.69) is 43.5 Å². The van der Waals surface area contributed by atoms with Crippen molar-refractivity contribution in [2.45, 2.75) is 392 Å². The standard InChI is InChI=1S/C69H133NO5/c1-3-5-7-9-11-13-15-17-19-21-22-26-30-33-37-41-45-49-53-57-61-67(72)66(65-71)70-68(73)62-58-54-50-46-42-38-34-31-27-24-23-25-28-32-36-40-44-48-52-56-60-64-75-69(74)63-59-55-51-47-43-39-35-29-20-18-16-14-12-10-8-6-4-2/h12,14,18,20,66-67,71-72H,3-11,13,15-17,19,21-65H2,1-2H3,(H,70,73)/b14-12-,20-18-. The van der Waals surface area contributed by atoms with Gasteiger partial charge in [0.05, 0.1) is 25.4 Å². The van der Waals surface area contributed by atoms with Crippen LogP contribution in [-0.2, 0) is 14.3 Å². The number of aliphatic hydroxyl groups is 2. The molecule has 6 heteroatoms. The summed E-state index contributed by atoms with van der Waals surface area (Å²) in [5, 5.41) is 23.4. The molecule has 0 radical (unpaired) electrons. The van der Waals surface area contributed by atoms with Crippen molar-refractivity contribution < 1.29 is 24.5 Å². The summed E-state index contributed by atoms with van der Waals surface area (Å²) in [5.74, 6) is -0.0269. The van der Waals surface area contributed by atoms with Crippen LogP contribution in [0.4, 0.5) is 0 Å². The molecule has 0 aromatic carbocycles. The predicted molar refractivity (Wildman–Crippen MR) is 329 cm³/mol. The maximum atomic E-state index is 12.5. The van der Waals surface area contributed by atoms with Gasteiger partial charge in [0, 0.05) is 12.8 Å². The van der Waals surface area contributed by atoms with Crippen molar-refractivity contribution in [3.63, 3.8) is 0 Å². The van der Waals surface area contributed by atoms with E-state index in [4.69, 9.17) is 4.74 Å². The second kappa shape index (κ2) is 64.9. The van der Waals surface area contributed by atoms with E-state index in [0.29, 0.717) is 25.9 Å². The summed E-state index contributed by atoms with van der Waals surface area (Å²) in [6, 6.07) is -0.543. The molecule has 0 saturated heterocycles. The topological polar surface area (TPSA) is 95.9 Å². The zero-order valence-electron chi connectivity index (χ0n) is 50.8. The summed E-state index contributed by atoms with van der Waals surface area (Å²) in [7, 11) is 0. The summed E-state index contributed by atoms with van der Waals surface area (Å²) in [5.41, 5.74) is 0. The fraction of sp³-hybridized carbons (Fsp3) is 0.913. The minimum Gasteiger partial charge on any atom is -0.466 e. The number of carbonyl (C=O) groups is 2. The first kappa shape index (κ1) is 73.3. The number of allylic oxidation sites excluding steroid dienone is 4. The van der Waals surface area contributed by atoms with Gasteiger partial charge in [0.2, 0.25) is 5.91 Å². The molecule has 0 saturated carbocycles.